The van der Waals surface area contributed by atoms with Crippen LogP contribution in [-0.4, -0.2) is 36.0 Å². The number of benzene rings is 1. The Morgan fingerprint density at radius 3 is 2.90 bits per heavy atom. The molecule has 2 unspecified atom stereocenters. The summed E-state index contributed by atoms with van der Waals surface area (Å²) in [6.45, 7) is 2.64. The first-order valence-corrected chi connectivity index (χ1v) is 7.87. The van der Waals surface area contributed by atoms with E-state index in [0.717, 1.165) is 25.8 Å². The van der Waals surface area contributed by atoms with Crippen molar-refractivity contribution >= 4 is 29.1 Å². The highest BCUT2D eigenvalue weighted by molar-refractivity contribution is 6.35. The molecular weight excluding hydrogens is 311 g/mol. The van der Waals surface area contributed by atoms with Crippen molar-refractivity contribution in [3.8, 4) is 5.75 Å². The summed E-state index contributed by atoms with van der Waals surface area (Å²) in [7, 11) is 0. The maximum Gasteiger partial charge on any atom is 0.260 e. The monoisotopic (exact) mass is 330 g/mol. The lowest BCUT2D eigenvalue weighted by Gasteiger charge is -2.38. The Kier molecular flexibility index (Phi) is 5.73. The van der Waals surface area contributed by atoms with E-state index in [0.29, 0.717) is 15.8 Å². The normalized spacial score (nSPS) is 20.2. The fourth-order valence-electron chi connectivity index (χ4n) is 2.63. The summed E-state index contributed by atoms with van der Waals surface area (Å²) in [6.07, 6.45) is 3.07. The predicted molar refractivity (Wildman–Crippen MR) is 85.0 cm³/mol. The largest absolute Gasteiger partial charge is 0.482 e. The molecule has 0 aliphatic carbocycles. The number of halogens is 2. The van der Waals surface area contributed by atoms with Crippen molar-refractivity contribution in [2.24, 2.45) is 5.73 Å². The number of rotatable bonds is 4. The van der Waals surface area contributed by atoms with Gasteiger partial charge in [-0.2, -0.15) is 0 Å². The Bertz CT molecular complexity index is 508. The lowest BCUT2D eigenvalue weighted by Crippen LogP contribution is -2.52. The van der Waals surface area contributed by atoms with Crippen LogP contribution in [-0.2, 0) is 4.79 Å². The molecule has 0 bridgehead atoms. The van der Waals surface area contributed by atoms with Gasteiger partial charge in [-0.3, -0.25) is 4.79 Å². The van der Waals surface area contributed by atoms with Crippen molar-refractivity contribution in [2.45, 2.75) is 38.3 Å². The number of piperidine rings is 1. The SMILES string of the molecule is CC(N)C1CCCCN1C(=O)COc1ccc(Cl)cc1Cl. The van der Waals surface area contributed by atoms with E-state index in [4.69, 9.17) is 33.7 Å². The molecule has 1 aliphatic rings. The minimum absolute atomic E-state index is 0.0339. The molecule has 2 rings (SSSR count). The van der Waals surface area contributed by atoms with Crippen LogP contribution in [0.3, 0.4) is 0 Å². The van der Waals surface area contributed by atoms with Crippen LogP contribution in [0.5, 0.6) is 5.75 Å². The molecule has 21 heavy (non-hydrogen) atoms. The average molecular weight is 331 g/mol. The summed E-state index contributed by atoms with van der Waals surface area (Å²) in [4.78, 5) is 14.2. The molecule has 0 saturated carbocycles. The second kappa shape index (κ2) is 7.34. The van der Waals surface area contributed by atoms with Crippen molar-refractivity contribution in [1.82, 2.24) is 4.90 Å². The molecule has 2 N–H and O–H groups in total. The van der Waals surface area contributed by atoms with Crippen LogP contribution in [0.15, 0.2) is 18.2 Å². The summed E-state index contributed by atoms with van der Waals surface area (Å²) >= 11 is 11.8. The topological polar surface area (TPSA) is 55.6 Å². The minimum atomic E-state index is -0.0528. The number of hydrogen-bond donors (Lipinski definition) is 1. The molecule has 1 aromatic carbocycles. The summed E-state index contributed by atoms with van der Waals surface area (Å²) in [5.74, 6) is 0.409. The van der Waals surface area contributed by atoms with E-state index in [1.54, 1.807) is 18.2 Å². The van der Waals surface area contributed by atoms with Gasteiger partial charge < -0.3 is 15.4 Å². The molecule has 1 fully saturated rings. The number of carbonyl (C=O) groups is 1. The Morgan fingerprint density at radius 2 is 2.24 bits per heavy atom. The second-order valence-electron chi connectivity index (χ2n) is 5.37. The zero-order valence-electron chi connectivity index (χ0n) is 12.0. The third-order valence-electron chi connectivity index (χ3n) is 3.72. The molecular formula is C15H20Cl2N2O2. The Morgan fingerprint density at radius 1 is 1.48 bits per heavy atom. The number of carbonyl (C=O) groups excluding carboxylic acids is 1. The first-order valence-electron chi connectivity index (χ1n) is 7.12. The maximum absolute atomic E-state index is 12.3. The molecule has 1 aliphatic heterocycles. The van der Waals surface area contributed by atoms with Gasteiger partial charge in [0.05, 0.1) is 5.02 Å². The molecule has 1 heterocycles. The van der Waals surface area contributed by atoms with E-state index in [-0.39, 0.29) is 24.6 Å². The van der Waals surface area contributed by atoms with Gasteiger partial charge in [-0.25, -0.2) is 0 Å². The summed E-state index contributed by atoms with van der Waals surface area (Å²) in [5.41, 5.74) is 5.97. The predicted octanol–water partition coefficient (Wildman–Crippen LogP) is 3.10. The standard InChI is InChI=1S/C15H20Cl2N2O2/c1-10(18)13-4-2-3-7-19(13)15(20)9-21-14-6-5-11(16)8-12(14)17/h5-6,8,10,13H,2-4,7,9,18H2,1H3. The zero-order chi connectivity index (χ0) is 15.4. The van der Waals surface area contributed by atoms with Gasteiger partial charge in [-0.05, 0) is 44.4 Å². The number of nitrogens with two attached hydrogens (primary N) is 1. The van der Waals surface area contributed by atoms with E-state index in [2.05, 4.69) is 0 Å². The van der Waals surface area contributed by atoms with Crippen molar-refractivity contribution in [1.29, 1.82) is 0 Å². The lowest BCUT2D eigenvalue weighted by molar-refractivity contribution is -0.137. The number of amides is 1. The van der Waals surface area contributed by atoms with Gasteiger partial charge in [-0.1, -0.05) is 23.2 Å². The van der Waals surface area contributed by atoms with Gasteiger partial charge in [0.2, 0.25) is 0 Å². The van der Waals surface area contributed by atoms with Crippen LogP contribution in [0, 0.1) is 0 Å². The molecule has 4 nitrogen and oxygen atoms in total. The molecule has 1 saturated heterocycles. The molecule has 0 radical (unpaired) electrons. The third kappa shape index (κ3) is 4.25. The van der Waals surface area contributed by atoms with E-state index >= 15 is 0 Å². The summed E-state index contributed by atoms with van der Waals surface area (Å²) in [6, 6.07) is 4.99. The van der Waals surface area contributed by atoms with Crippen LogP contribution >= 0.6 is 23.2 Å². The van der Waals surface area contributed by atoms with Gasteiger partial charge in [0.15, 0.2) is 6.61 Å². The first-order chi connectivity index (χ1) is 9.99. The fourth-order valence-corrected chi connectivity index (χ4v) is 3.09. The first kappa shape index (κ1) is 16.4. The van der Waals surface area contributed by atoms with E-state index in [9.17, 15) is 4.79 Å². The quantitative estimate of drug-likeness (QED) is 0.922. The Labute approximate surface area is 135 Å². The Balaban J connectivity index is 1.97. The van der Waals surface area contributed by atoms with Gasteiger partial charge in [-0.15, -0.1) is 0 Å². The Hall–Kier alpha value is -0.970. The summed E-state index contributed by atoms with van der Waals surface area (Å²) < 4.78 is 5.51. The molecule has 116 valence electrons. The maximum atomic E-state index is 12.3. The molecule has 2 atom stereocenters. The van der Waals surface area contributed by atoms with Crippen molar-refractivity contribution in [2.75, 3.05) is 13.2 Å². The fraction of sp³-hybridized carbons (Fsp3) is 0.533. The van der Waals surface area contributed by atoms with Crippen LogP contribution in [0.1, 0.15) is 26.2 Å². The third-order valence-corrected chi connectivity index (χ3v) is 4.25. The smallest absolute Gasteiger partial charge is 0.260 e. The number of ether oxygens (including phenoxy) is 1. The van der Waals surface area contributed by atoms with Crippen LogP contribution in [0.2, 0.25) is 10.0 Å². The summed E-state index contributed by atoms with van der Waals surface area (Å²) in [5, 5.41) is 0.935. The van der Waals surface area contributed by atoms with Crippen molar-refractivity contribution < 1.29 is 9.53 Å². The molecule has 6 heteroatoms. The van der Waals surface area contributed by atoms with E-state index in [1.807, 2.05) is 11.8 Å². The zero-order valence-corrected chi connectivity index (χ0v) is 13.5. The highest BCUT2D eigenvalue weighted by Gasteiger charge is 2.29. The molecule has 0 spiro atoms. The second-order valence-corrected chi connectivity index (χ2v) is 6.22. The lowest BCUT2D eigenvalue weighted by atomic mass is 9.97. The van der Waals surface area contributed by atoms with Crippen LogP contribution < -0.4 is 10.5 Å². The van der Waals surface area contributed by atoms with E-state index < -0.39 is 0 Å². The molecule has 1 amide bonds. The van der Waals surface area contributed by atoms with Crippen molar-refractivity contribution in [3.63, 3.8) is 0 Å². The van der Waals surface area contributed by atoms with E-state index in [1.165, 1.54) is 0 Å². The molecule has 1 aromatic rings. The number of nitrogens with zero attached hydrogens (tertiary/aromatic N) is 1. The van der Waals surface area contributed by atoms with Gasteiger partial charge in [0.1, 0.15) is 5.75 Å². The van der Waals surface area contributed by atoms with Gasteiger partial charge >= 0.3 is 0 Å². The number of hydrogen-bond acceptors (Lipinski definition) is 3. The minimum Gasteiger partial charge on any atom is -0.482 e. The van der Waals surface area contributed by atoms with Gasteiger partial charge in [0, 0.05) is 23.7 Å². The highest BCUT2D eigenvalue weighted by Crippen LogP contribution is 2.27. The van der Waals surface area contributed by atoms with Crippen LogP contribution in [0.4, 0.5) is 0 Å². The average Bonchev–Trinajstić information content (AvgIpc) is 2.46. The van der Waals surface area contributed by atoms with Gasteiger partial charge in [0.25, 0.3) is 5.91 Å². The van der Waals surface area contributed by atoms with Crippen LogP contribution in [0.25, 0.3) is 0 Å². The number of likely N-dealkylation sites (tertiary alicyclic amines) is 1. The van der Waals surface area contributed by atoms with Crippen molar-refractivity contribution in [3.05, 3.63) is 28.2 Å². The highest BCUT2D eigenvalue weighted by atomic mass is 35.5. The molecule has 0 aromatic heterocycles.